The lowest BCUT2D eigenvalue weighted by molar-refractivity contribution is 0.187. The molecule has 0 aliphatic rings. The molecule has 90 valence electrons. The molecule has 6 heteroatoms. The molecule has 1 aromatic heterocycles. The van der Waals surface area contributed by atoms with Crippen LogP contribution in [-0.4, -0.2) is 28.5 Å². The summed E-state index contributed by atoms with van der Waals surface area (Å²) in [7, 11) is 1.58. The zero-order chi connectivity index (χ0) is 12.3. The van der Waals surface area contributed by atoms with Crippen molar-refractivity contribution in [1.29, 1.82) is 0 Å². The fraction of sp³-hybridized carbons (Fsp3) is 0.273. The van der Waals surface area contributed by atoms with Gasteiger partial charge in [0.25, 0.3) is 0 Å². The average Bonchev–Trinajstić information content (AvgIpc) is 2.78. The van der Waals surface area contributed by atoms with Gasteiger partial charge in [0, 0.05) is 19.2 Å². The Morgan fingerprint density at radius 3 is 2.82 bits per heavy atom. The van der Waals surface area contributed by atoms with Crippen molar-refractivity contribution in [2.24, 2.45) is 0 Å². The first-order valence-corrected chi connectivity index (χ1v) is 5.04. The Balaban J connectivity index is 2.32. The molecular weight excluding hydrogens is 228 g/mol. The Morgan fingerprint density at radius 1 is 1.29 bits per heavy atom. The van der Waals surface area contributed by atoms with E-state index in [2.05, 4.69) is 10.2 Å². The quantitative estimate of drug-likeness (QED) is 0.817. The molecule has 0 saturated heterocycles. The number of rotatable bonds is 4. The fourth-order valence-corrected chi connectivity index (χ4v) is 1.47. The van der Waals surface area contributed by atoms with E-state index in [0.717, 1.165) is 12.1 Å². The van der Waals surface area contributed by atoms with Crippen molar-refractivity contribution in [1.82, 2.24) is 14.8 Å². The predicted octanol–water partition coefficient (Wildman–Crippen LogP) is 1.87. The SMILES string of the molecule is COCCn1cnnc1-c1ccc(F)c(F)c1. The van der Waals surface area contributed by atoms with Crippen molar-refractivity contribution >= 4 is 0 Å². The summed E-state index contributed by atoms with van der Waals surface area (Å²) in [5, 5.41) is 7.62. The van der Waals surface area contributed by atoms with E-state index in [4.69, 9.17) is 4.74 Å². The van der Waals surface area contributed by atoms with Crippen LogP contribution in [0.15, 0.2) is 24.5 Å². The smallest absolute Gasteiger partial charge is 0.163 e. The number of hydrogen-bond acceptors (Lipinski definition) is 3. The maximum absolute atomic E-state index is 13.1. The first-order chi connectivity index (χ1) is 8.22. The summed E-state index contributed by atoms with van der Waals surface area (Å²) >= 11 is 0. The van der Waals surface area contributed by atoms with Crippen LogP contribution < -0.4 is 0 Å². The third-order valence-electron chi connectivity index (χ3n) is 2.33. The van der Waals surface area contributed by atoms with Crippen molar-refractivity contribution in [2.75, 3.05) is 13.7 Å². The minimum atomic E-state index is -0.899. The molecule has 0 saturated carbocycles. The van der Waals surface area contributed by atoms with Gasteiger partial charge in [0.05, 0.1) is 6.61 Å². The van der Waals surface area contributed by atoms with Crippen LogP contribution >= 0.6 is 0 Å². The Bertz CT molecular complexity index is 513. The van der Waals surface area contributed by atoms with Crippen LogP contribution in [0.5, 0.6) is 0 Å². The topological polar surface area (TPSA) is 39.9 Å². The molecule has 1 aromatic carbocycles. The molecular formula is C11H11F2N3O. The first kappa shape index (κ1) is 11.7. The van der Waals surface area contributed by atoms with E-state index < -0.39 is 11.6 Å². The summed E-state index contributed by atoms with van der Waals surface area (Å²) in [5.74, 6) is -1.29. The Kier molecular flexibility index (Phi) is 3.43. The van der Waals surface area contributed by atoms with E-state index in [0.29, 0.717) is 24.5 Å². The van der Waals surface area contributed by atoms with Gasteiger partial charge in [-0.25, -0.2) is 8.78 Å². The van der Waals surface area contributed by atoms with E-state index in [-0.39, 0.29) is 0 Å². The number of nitrogens with zero attached hydrogens (tertiary/aromatic N) is 3. The standard InChI is InChI=1S/C11H11F2N3O/c1-17-5-4-16-7-14-15-11(16)8-2-3-9(12)10(13)6-8/h2-3,6-7H,4-5H2,1H3. The molecule has 17 heavy (non-hydrogen) atoms. The van der Waals surface area contributed by atoms with Crippen molar-refractivity contribution in [2.45, 2.75) is 6.54 Å². The van der Waals surface area contributed by atoms with Gasteiger partial charge in [-0.3, -0.25) is 0 Å². The molecule has 0 spiro atoms. The Hall–Kier alpha value is -1.82. The number of methoxy groups -OCH3 is 1. The largest absolute Gasteiger partial charge is 0.383 e. The molecule has 0 bridgehead atoms. The summed E-state index contributed by atoms with van der Waals surface area (Å²) in [6.07, 6.45) is 1.52. The lowest BCUT2D eigenvalue weighted by Crippen LogP contribution is -2.05. The second kappa shape index (κ2) is 5.01. The zero-order valence-electron chi connectivity index (χ0n) is 9.23. The molecule has 0 fully saturated rings. The number of halogens is 2. The van der Waals surface area contributed by atoms with Gasteiger partial charge < -0.3 is 9.30 Å². The van der Waals surface area contributed by atoms with Crippen LogP contribution in [0.25, 0.3) is 11.4 Å². The van der Waals surface area contributed by atoms with E-state index in [1.807, 2.05) is 0 Å². The molecule has 0 aliphatic carbocycles. The molecule has 2 aromatic rings. The van der Waals surface area contributed by atoms with E-state index in [9.17, 15) is 8.78 Å². The van der Waals surface area contributed by atoms with Crippen LogP contribution in [-0.2, 0) is 11.3 Å². The van der Waals surface area contributed by atoms with Gasteiger partial charge in [-0.05, 0) is 18.2 Å². The molecule has 0 aliphatic heterocycles. The molecule has 0 atom stereocenters. The van der Waals surface area contributed by atoms with E-state index >= 15 is 0 Å². The number of aromatic nitrogens is 3. The highest BCUT2D eigenvalue weighted by molar-refractivity contribution is 5.54. The number of benzene rings is 1. The molecule has 4 nitrogen and oxygen atoms in total. The Morgan fingerprint density at radius 2 is 2.12 bits per heavy atom. The summed E-state index contributed by atoms with van der Waals surface area (Å²) < 4.78 is 32.6. The van der Waals surface area contributed by atoms with E-state index in [1.165, 1.54) is 12.4 Å². The van der Waals surface area contributed by atoms with Crippen molar-refractivity contribution in [3.8, 4) is 11.4 Å². The molecule has 0 amide bonds. The van der Waals surface area contributed by atoms with E-state index in [1.54, 1.807) is 11.7 Å². The maximum Gasteiger partial charge on any atom is 0.163 e. The minimum Gasteiger partial charge on any atom is -0.383 e. The molecule has 0 radical (unpaired) electrons. The highest BCUT2D eigenvalue weighted by Gasteiger charge is 2.10. The monoisotopic (exact) mass is 239 g/mol. The molecule has 1 heterocycles. The van der Waals surface area contributed by atoms with Crippen molar-refractivity contribution in [3.63, 3.8) is 0 Å². The van der Waals surface area contributed by atoms with Gasteiger partial charge >= 0.3 is 0 Å². The second-order valence-electron chi connectivity index (χ2n) is 3.47. The minimum absolute atomic E-state index is 0.484. The van der Waals surface area contributed by atoms with Crippen molar-refractivity contribution in [3.05, 3.63) is 36.2 Å². The highest BCUT2D eigenvalue weighted by atomic mass is 19.2. The highest BCUT2D eigenvalue weighted by Crippen LogP contribution is 2.19. The molecule has 2 rings (SSSR count). The summed E-state index contributed by atoms with van der Waals surface area (Å²) in [6, 6.07) is 3.63. The predicted molar refractivity (Wildman–Crippen MR) is 57.3 cm³/mol. The van der Waals surface area contributed by atoms with Crippen LogP contribution in [0.4, 0.5) is 8.78 Å². The molecule has 0 N–H and O–H groups in total. The first-order valence-electron chi connectivity index (χ1n) is 5.04. The second-order valence-corrected chi connectivity index (χ2v) is 3.47. The van der Waals surface area contributed by atoms with Crippen LogP contribution in [0.3, 0.4) is 0 Å². The third kappa shape index (κ3) is 2.47. The van der Waals surface area contributed by atoms with Gasteiger partial charge in [0.1, 0.15) is 6.33 Å². The maximum atomic E-state index is 13.1. The summed E-state index contributed by atoms with van der Waals surface area (Å²) in [4.78, 5) is 0. The van der Waals surface area contributed by atoms with Crippen LogP contribution in [0.1, 0.15) is 0 Å². The van der Waals surface area contributed by atoms with Gasteiger partial charge in [0.2, 0.25) is 0 Å². The average molecular weight is 239 g/mol. The lowest BCUT2D eigenvalue weighted by Gasteiger charge is -2.05. The normalized spacial score (nSPS) is 10.8. The number of hydrogen-bond donors (Lipinski definition) is 0. The Labute approximate surface area is 96.9 Å². The summed E-state index contributed by atoms with van der Waals surface area (Å²) in [6.45, 7) is 1.05. The van der Waals surface area contributed by atoms with Crippen molar-refractivity contribution < 1.29 is 13.5 Å². The third-order valence-corrected chi connectivity index (χ3v) is 2.33. The fourth-order valence-electron chi connectivity index (χ4n) is 1.47. The zero-order valence-corrected chi connectivity index (χ0v) is 9.23. The lowest BCUT2D eigenvalue weighted by atomic mass is 10.2. The number of ether oxygens (including phenoxy) is 1. The van der Waals surface area contributed by atoms with Gasteiger partial charge in [-0.15, -0.1) is 10.2 Å². The van der Waals surface area contributed by atoms with Crippen LogP contribution in [0.2, 0.25) is 0 Å². The van der Waals surface area contributed by atoms with Gasteiger partial charge in [0.15, 0.2) is 17.5 Å². The molecule has 0 unspecified atom stereocenters. The summed E-state index contributed by atoms with van der Waals surface area (Å²) in [5.41, 5.74) is 0.484. The van der Waals surface area contributed by atoms with Gasteiger partial charge in [-0.1, -0.05) is 0 Å². The van der Waals surface area contributed by atoms with Crippen LogP contribution in [0, 0.1) is 11.6 Å². The van der Waals surface area contributed by atoms with Gasteiger partial charge in [-0.2, -0.15) is 0 Å².